The number of para-hydroxylation sites is 1. The number of likely N-dealkylation sites (tertiary alicyclic amines) is 2. The van der Waals surface area contributed by atoms with E-state index in [0.29, 0.717) is 120 Å². The first-order valence-electron chi connectivity index (χ1n) is 33.9. The Balaban J connectivity index is 0.00000486. The van der Waals surface area contributed by atoms with Crippen LogP contribution in [0.25, 0.3) is 11.1 Å². The predicted molar refractivity (Wildman–Crippen MR) is 392 cm³/mol. The van der Waals surface area contributed by atoms with Crippen LogP contribution >= 0.6 is 60.4 Å². The number of morpholine rings is 1. The molecule has 3 saturated heterocycles. The van der Waals surface area contributed by atoms with Crippen LogP contribution in [0.3, 0.4) is 0 Å². The highest BCUT2D eigenvalue weighted by Gasteiger charge is 2.50. The summed E-state index contributed by atoms with van der Waals surface area (Å²) in [5.41, 5.74) is 1.23. The molecule has 554 valence electrons. The number of halogens is 11. The number of nitrogens with one attached hydrogen (secondary N) is 1. The van der Waals surface area contributed by atoms with E-state index in [1.807, 2.05) is 85.9 Å². The van der Waals surface area contributed by atoms with Crippen molar-refractivity contribution in [3.63, 3.8) is 0 Å². The van der Waals surface area contributed by atoms with Gasteiger partial charge in [-0.1, -0.05) is 108 Å². The molecule has 10 rings (SSSR count). The maximum atomic E-state index is 14.0. The maximum absolute atomic E-state index is 14.0. The van der Waals surface area contributed by atoms with Crippen LogP contribution in [-0.2, 0) is 48.9 Å². The van der Waals surface area contributed by atoms with E-state index < -0.39 is 52.1 Å². The minimum absolute atomic E-state index is 0. The number of piperidine rings is 2. The van der Waals surface area contributed by atoms with E-state index in [4.69, 9.17) is 32.7 Å². The summed E-state index contributed by atoms with van der Waals surface area (Å²) in [6.45, 7) is 5.52. The number of ether oxygens (including phenoxy) is 2. The van der Waals surface area contributed by atoms with Gasteiger partial charge in [0.05, 0.1) is 46.1 Å². The summed E-state index contributed by atoms with van der Waals surface area (Å²) >= 11 is 12.8. The molecule has 1 spiro atoms. The topological polar surface area (TPSA) is 159 Å². The lowest BCUT2D eigenvalue weighted by Crippen LogP contribution is -2.54. The van der Waals surface area contributed by atoms with Crippen molar-refractivity contribution in [1.82, 2.24) is 29.4 Å². The number of carbonyl (C=O) groups is 5. The first kappa shape index (κ1) is 82.4. The van der Waals surface area contributed by atoms with E-state index in [-0.39, 0.29) is 116 Å². The van der Waals surface area contributed by atoms with Gasteiger partial charge in [-0.15, -0.1) is 37.2 Å². The fourth-order valence-corrected chi connectivity index (χ4v) is 14.7. The van der Waals surface area contributed by atoms with Crippen LogP contribution in [0.15, 0.2) is 140 Å². The Morgan fingerprint density at radius 2 is 1.27 bits per heavy atom. The van der Waals surface area contributed by atoms with Crippen LogP contribution in [-0.4, -0.2) is 189 Å². The van der Waals surface area contributed by atoms with Crippen LogP contribution in [0, 0.1) is 0 Å². The van der Waals surface area contributed by atoms with Gasteiger partial charge in [0.15, 0.2) is 0 Å². The summed E-state index contributed by atoms with van der Waals surface area (Å²) in [7, 11) is 5.30. The number of alkyl halides is 6. The lowest BCUT2D eigenvalue weighted by Gasteiger charge is -2.46. The number of fused-ring (bicyclic) bond motifs is 2. The molecule has 1 aliphatic carbocycles. The number of hydrogen-bond donors (Lipinski definition) is 2. The van der Waals surface area contributed by atoms with E-state index in [1.54, 1.807) is 59.1 Å². The van der Waals surface area contributed by atoms with Crippen molar-refractivity contribution in [2.75, 3.05) is 123 Å². The zero-order chi connectivity index (χ0) is 70.7. The number of carboxylic acid groups (broad SMARTS) is 1. The van der Waals surface area contributed by atoms with Crippen molar-refractivity contribution in [2.45, 2.75) is 106 Å². The summed E-state index contributed by atoms with van der Waals surface area (Å²) in [6.07, 6.45) is -4.38. The fraction of sp³-hybridized carbons (Fsp3) is 0.453. The molecule has 4 aliphatic rings. The molecule has 6 aromatic rings. The molecule has 3 heterocycles. The molecular weight excluding hydrogens is 1430 g/mol. The monoisotopic (exact) mass is 1520 g/mol. The molecule has 5 amide bonds. The third-order valence-corrected chi connectivity index (χ3v) is 20.9. The quantitative estimate of drug-likeness (QED) is 0.0393. The number of unbranched alkanes of at least 4 members (excludes halogenated alkanes) is 2. The number of carbonyl (C=O) groups excluding carboxylic acids is 4. The van der Waals surface area contributed by atoms with Gasteiger partial charge < -0.3 is 49.3 Å². The highest BCUT2D eigenvalue weighted by atomic mass is 35.5. The Morgan fingerprint density at radius 1 is 0.647 bits per heavy atom. The van der Waals surface area contributed by atoms with Crippen molar-refractivity contribution >= 4 is 102 Å². The van der Waals surface area contributed by atoms with Crippen LogP contribution in [0.2, 0.25) is 10.0 Å². The molecule has 27 heteroatoms. The molecule has 6 aromatic carbocycles. The lowest BCUT2D eigenvalue weighted by molar-refractivity contribution is -0.143. The fourth-order valence-electron chi connectivity index (χ4n) is 14.4. The molecule has 0 bridgehead atoms. The van der Waals surface area contributed by atoms with Gasteiger partial charge >= 0.3 is 18.4 Å². The number of amides is 5. The molecule has 3 fully saturated rings. The molecule has 16 nitrogen and oxygen atoms in total. The minimum Gasteiger partial charge on any atom is -0.465 e. The summed E-state index contributed by atoms with van der Waals surface area (Å²) in [5, 5.41) is 14.2. The minimum atomic E-state index is -5.14. The second-order valence-electron chi connectivity index (χ2n) is 26.5. The number of nitrogens with zero attached hydrogens (tertiary/aromatic N) is 7. The number of rotatable bonds is 26. The van der Waals surface area contributed by atoms with Gasteiger partial charge in [-0.25, -0.2) is 4.79 Å². The molecule has 0 saturated carbocycles. The van der Waals surface area contributed by atoms with Crippen LogP contribution < -0.4 is 10.2 Å². The molecule has 2 atom stereocenters. The van der Waals surface area contributed by atoms with Crippen molar-refractivity contribution in [3.05, 3.63) is 189 Å². The van der Waals surface area contributed by atoms with E-state index in [0.717, 1.165) is 61.3 Å². The molecule has 2 N–H and O–H groups in total. The van der Waals surface area contributed by atoms with Gasteiger partial charge in [0.1, 0.15) is 12.2 Å². The molecule has 102 heavy (non-hydrogen) atoms. The first-order chi connectivity index (χ1) is 47.3. The second kappa shape index (κ2) is 36.7. The second-order valence-corrected chi connectivity index (χ2v) is 27.4. The first-order valence-corrected chi connectivity index (χ1v) is 34.6. The van der Waals surface area contributed by atoms with Gasteiger partial charge in [-0.05, 0) is 154 Å². The highest BCUT2D eigenvalue weighted by molar-refractivity contribution is 6.42. The van der Waals surface area contributed by atoms with Gasteiger partial charge in [0.2, 0.25) is 11.8 Å². The zero-order valence-corrected chi connectivity index (χ0v) is 61.3. The van der Waals surface area contributed by atoms with E-state index in [1.165, 1.54) is 15.4 Å². The Hall–Kier alpha value is -6.86. The summed E-state index contributed by atoms with van der Waals surface area (Å²) in [5.74, 6) is -1.23. The van der Waals surface area contributed by atoms with Gasteiger partial charge in [0.25, 0.3) is 11.8 Å². The number of likely N-dealkylation sites (N-methyl/N-ethyl adjacent to an activating group) is 2. The Bertz CT molecular complexity index is 3760. The van der Waals surface area contributed by atoms with Gasteiger partial charge in [0, 0.05) is 120 Å². The van der Waals surface area contributed by atoms with Crippen LogP contribution in [0.1, 0.15) is 113 Å². The number of benzene rings is 6. The van der Waals surface area contributed by atoms with E-state index in [9.17, 15) is 55.4 Å². The van der Waals surface area contributed by atoms with Crippen molar-refractivity contribution < 1.29 is 64.9 Å². The Kier molecular flexibility index (Phi) is 29.7. The highest BCUT2D eigenvalue weighted by Crippen LogP contribution is 2.49. The molecule has 0 aromatic heterocycles. The average molecular weight is 1520 g/mol. The summed E-state index contributed by atoms with van der Waals surface area (Å²) in [4.78, 5) is 79.3. The smallest absolute Gasteiger partial charge is 0.416 e. The molecule has 0 radical (unpaired) electrons. The molecule has 0 unspecified atom stereocenters. The van der Waals surface area contributed by atoms with Gasteiger partial charge in [-0.3, -0.25) is 24.1 Å². The molecular formula is C75H89Cl5F6N8O8. The largest absolute Gasteiger partial charge is 0.465 e. The van der Waals surface area contributed by atoms with Crippen molar-refractivity contribution in [3.8, 4) is 11.1 Å². The summed E-state index contributed by atoms with van der Waals surface area (Å²) < 4.78 is 96.4. The predicted octanol–water partition coefficient (Wildman–Crippen LogP) is 15.4. The third-order valence-electron chi connectivity index (χ3n) is 20.2. The normalized spacial score (nSPS) is 17.7. The van der Waals surface area contributed by atoms with Crippen LogP contribution in [0.5, 0.6) is 0 Å². The SMILES string of the molecule is CN(CCN1CCC(N(C(=O)O)c2ccccc2-c2ccccc2)CC1)C(=O)CCCCCNc1ccc(C(=O)N(C)CCCN(C)C(=O)CO[C@H]2Cc3ccccc3C23CCN(CC[C@]2(c4ccc(Cl)c(Cl)c4)CN(C(=O)c4cc(C(F)(F)F)cc(C(F)(F)F)c4)CCO2)CC3)cc1.Cl.Cl.Cl. The third kappa shape index (κ3) is 20.3. The Morgan fingerprint density at radius 3 is 1.94 bits per heavy atom. The van der Waals surface area contributed by atoms with Crippen molar-refractivity contribution in [1.29, 1.82) is 0 Å². The summed E-state index contributed by atoms with van der Waals surface area (Å²) in [6, 6.07) is 38.6. The van der Waals surface area contributed by atoms with Crippen molar-refractivity contribution in [2.24, 2.45) is 0 Å². The van der Waals surface area contributed by atoms with Crippen LogP contribution in [0.4, 0.5) is 42.5 Å². The molecule has 3 aliphatic heterocycles. The van der Waals surface area contributed by atoms with E-state index >= 15 is 0 Å². The van der Waals surface area contributed by atoms with Gasteiger partial charge in [-0.2, -0.15) is 26.3 Å². The van der Waals surface area contributed by atoms with E-state index in [2.05, 4.69) is 27.2 Å². The number of anilines is 2. The number of hydrogen-bond acceptors (Lipinski definition) is 10. The Labute approximate surface area is 621 Å². The zero-order valence-electron chi connectivity index (χ0n) is 57.3. The average Bonchev–Trinajstić information content (AvgIpc) is 1.56. The standard InChI is InChI=1S/C75H86Cl2F6N8O8.3ClH/c1-85(34-14-35-87(3)69(94)53-22-25-59(26-23-53)84-33-13-5-8-21-67(92)86(2)41-42-88-36-28-60(29-37-88)91(71(96)97)65-20-12-10-18-61(65)52-15-6-4-7-16-52)68(93)50-98-66-47-54-17-9-11-19-62(54)72(66)30-38-89(39-31-72)40-32-73(56-24-27-63(76)64(77)49-56)51-90(43-44-99-73)70(95)55-45-57(74(78,79)80)48-58(46-55)75(81,82)83;;;/h4,6-7,9-12,15-20,22-27,45-46,48-49,60,66,84H,5,8,13-14,21,28-44,47,50-51H2,1-3H3,(H,96,97);3*1H/t66-,73+;;;/m0.../s1. The lowest BCUT2D eigenvalue weighted by atomic mass is 9.72. The maximum Gasteiger partial charge on any atom is 0.416 e.